The van der Waals surface area contributed by atoms with Crippen molar-refractivity contribution in [3.63, 3.8) is 0 Å². The van der Waals surface area contributed by atoms with Crippen LogP contribution in [0.5, 0.6) is 0 Å². The van der Waals surface area contributed by atoms with Crippen molar-refractivity contribution in [3.8, 4) is 22.3 Å². The number of allylic oxidation sites excluding steroid dienone is 4. The molecule has 0 heterocycles. The van der Waals surface area contributed by atoms with Crippen LogP contribution in [0.15, 0.2) is 66.8 Å². The van der Waals surface area contributed by atoms with E-state index in [-0.39, 0.29) is 11.1 Å². The minimum absolute atomic E-state index is 0.152. The second-order valence-electron chi connectivity index (χ2n) is 11.4. The Morgan fingerprint density at radius 2 is 1.27 bits per heavy atom. The Kier molecular flexibility index (Phi) is 9.24. The van der Waals surface area contributed by atoms with Gasteiger partial charge in [0, 0.05) is 16.7 Å². The summed E-state index contributed by atoms with van der Waals surface area (Å²) in [5, 5.41) is 0. The maximum atomic E-state index is 15.3. The lowest BCUT2D eigenvalue weighted by Gasteiger charge is -2.32. The average Bonchev–Trinajstić information content (AvgIpc) is 2.99. The van der Waals surface area contributed by atoms with Gasteiger partial charge in [0.2, 0.25) is 0 Å². The molecule has 1 unspecified atom stereocenters. The van der Waals surface area contributed by atoms with Crippen LogP contribution >= 0.6 is 0 Å². The van der Waals surface area contributed by atoms with E-state index in [1.54, 1.807) is 48.5 Å². The molecule has 3 aromatic rings. The molecule has 5 rings (SSSR count). The van der Waals surface area contributed by atoms with Crippen molar-refractivity contribution in [2.24, 2.45) is 11.8 Å². The van der Waals surface area contributed by atoms with Gasteiger partial charge in [-0.25, -0.2) is 17.6 Å². The van der Waals surface area contributed by atoms with Crippen molar-refractivity contribution >= 4 is 5.57 Å². The first-order valence-electron chi connectivity index (χ1n) is 14.8. The van der Waals surface area contributed by atoms with Crippen molar-refractivity contribution in [1.82, 2.24) is 0 Å². The maximum absolute atomic E-state index is 15.3. The van der Waals surface area contributed by atoms with E-state index in [0.29, 0.717) is 34.6 Å². The number of hydrogen-bond donors (Lipinski definition) is 0. The van der Waals surface area contributed by atoms with Gasteiger partial charge in [-0.15, -0.1) is 0 Å². The van der Waals surface area contributed by atoms with Crippen LogP contribution in [-0.4, -0.2) is 0 Å². The normalized spacial score (nSPS) is 18.3. The van der Waals surface area contributed by atoms with E-state index < -0.39 is 23.3 Å². The number of aryl methyl sites for hydroxylation is 1. The van der Waals surface area contributed by atoms with Crippen molar-refractivity contribution < 1.29 is 17.6 Å². The molecule has 0 aliphatic heterocycles. The van der Waals surface area contributed by atoms with Crippen LogP contribution in [0, 0.1) is 35.1 Å². The summed E-state index contributed by atoms with van der Waals surface area (Å²) >= 11 is 0. The molecule has 0 N–H and O–H groups in total. The van der Waals surface area contributed by atoms with Crippen LogP contribution in [-0.2, 0) is 6.42 Å². The quantitative estimate of drug-likeness (QED) is 0.150. The highest BCUT2D eigenvalue weighted by atomic mass is 19.2. The Morgan fingerprint density at radius 1 is 0.675 bits per heavy atom. The van der Waals surface area contributed by atoms with Gasteiger partial charge in [0.15, 0.2) is 23.3 Å². The third kappa shape index (κ3) is 6.11. The summed E-state index contributed by atoms with van der Waals surface area (Å²) in [5.41, 5.74) is 2.89. The molecule has 0 amide bonds. The molecule has 2 aliphatic carbocycles. The third-order valence-electron chi connectivity index (χ3n) is 8.92. The van der Waals surface area contributed by atoms with Crippen LogP contribution in [0.3, 0.4) is 0 Å². The fourth-order valence-corrected chi connectivity index (χ4v) is 6.57. The summed E-state index contributed by atoms with van der Waals surface area (Å²) < 4.78 is 60.2. The van der Waals surface area contributed by atoms with E-state index in [4.69, 9.17) is 0 Å². The lowest BCUT2D eigenvalue weighted by molar-refractivity contribution is 0.235. The first-order valence-corrected chi connectivity index (χ1v) is 14.8. The molecule has 40 heavy (non-hydrogen) atoms. The van der Waals surface area contributed by atoms with E-state index in [0.717, 1.165) is 43.6 Å². The molecule has 0 bridgehead atoms. The summed E-state index contributed by atoms with van der Waals surface area (Å²) in [5.74, 6) is -1.97. The Labute approximate surface area is 235 Å². The zero-order valence-electron chi connectivity index (χ0n) is 23.3. The topological polar surface area (TPSA) is 0 Å². The highest BCUT2D eigenvalue weighted by molar-refractivity contribution is 5.74. The monoisotopic (exact) mass is 546 g/mol. The third-order valence-corrected chi connectivity index (χ3v) is 8.92. The number of hydrogen-bond acceptors (Lipinski definition) is 0. The average molecular weight is 547 g/mol. The Balaban J connectivity index is 1.31. The van der Waals surface area contributed by atoms with Crippen LogP contribution in [0.25, 0.3) is 27.8 Å². The highest BCUT2D eigenvalue weighted by Crippen LogP contribution is 2.41. The predicted molar refractivity (Wildman–Crippen MR) is 157 cm³/mol. The summed E-state index contributed by atoms with van der Waals surface area (Å²) in [6, 6.07) is 13.0. The minimum atomic E-state index is -0.885. The second-order valence-corrected chi connectivity index (χ2v) is 11.4. The predicted octanol–water partition coefficient (Wildman–Crippen LogP) is 11.2. The van der Waals surface area contributed by atoms with Crippen molar-refractivity contribution in [3.05, 3.63) is 101 Å². The number of benzene rings is 3. The summed E-state index contributed by atoms with van der Waals surface area (Å²) in [6.45, 7) is 1.93. The molecule has 1 atom stereocenters. The standard InChI is InChI=1S/C36H38F4/c1-2-3-4-6-11-29-20-21-30(34(38)33(29)37)27-16-18-28(19-17-27)32-23-22-31(35(39)36(32)40)26-14-12-25(13-15-26)24-9-7-5-8-10-24/h2-3,14,16-25H,4-13,15H2,1H3/b3-2-. The van der Waals surface area contributed by atoms with Crippen LogP contribution in [0.1, 0.15) is 82.3 Å². The molecular formula is C36H38F4. The molecule has 0 radical (unpaired) electrons. The summed E-state index contributed by atoms with van der Waals surface area (Å²) in [4.78, 5) is 0. The second kappa shape index (κ2) is 13.0. The smallest absolute Gasteiger partial charge is 0.167 e. The van der Waals surface area contributed by atoms with Crippen molar-refractivity contribution in [1.29, 1.82) is 0 Å². The van der Waals surface area contributed by atoms with E-state index in [1.165, 1.54) is 32.1 Å². The van der Waals surface area contributed by atoms with Crippen LogP contribution in [0.2, 0.25) is 0 Å². The molecule has 1 fully saturated rings. The van der Waals surface area contributed by atoms with E-state index in [9.17, 15) is 8.78 Å². The summed E-state index contributed by atoms with van der Waals surface area (Å²) in [6.07, 6.45) is 17.4. The zero-order valence-corrected chi connectivity index (χ0v) is 23.3. The number of unbranched alkanes of at least 4 members (excludes halogenated alkanes) is 1. The molecular weight excluding hydrogens is 508 g/mol. The first kappa shape index (κ1) is 28.4. The molecule has 2 aliphatic rings. The fraction of sp³-hybridized carbons (Fsp3) is 0.389. The molecule has 1 saturated carbocycles. The minimum Gasteiger partial charge on any atom is -0.203 e. The summed E-state index contributed by atoms with van der Waals surface area (Å²) in [7, 11) is 0. The van der Waals surface area contributed by atoms with Gasteiger partial charge in [0.25, 0.3) is 0 Å². The maximum Gasteiger partial charge on any atom is 0.167 e. The molecule has 0 nitrogen and oxygen atoms in total. The van der Waals surface area contributed by atoms with Gasteiger partial charge in [-0.05, 0) is 79.5 Å². The molecule has 210 valence electrons. The largest absolute Gasteiger partial charge is 0.203 e. The van der Waals surface area contributed by atoms with Gasteiger partial charge in [-0.3, -0.25) is 0 Å². The van der Waals surface area contributed by atoms with Gasteiger partial charge in [-0.2, -0.15) is 0 Å². The number of rotatable bonds is 8. The molecule has 4 heteroatoms. The molecule has 0 saturated heterocycles. The SMILES string of the molecule is C/C=C\CCCc1ccc(-c2ccc(-c3ccc(C4=CCC(C5CCCCC5)CC4)c(F)c3F)cc2)c(F)c1F. The van der Waals surface area contributed by atoms with Gasteiger partial charge in [0.1, 0.15) is 0 Å². The van der Waals surface area contributed by atoms with Gasteiger partial charge in [0.05, 0.1) is 0 Å². The van der Waals surface area contributed by atoms with Crippen molar-refractivity contribution in [2.75, 3.05) is 0 Å². The molecule has 0 aromatic heterocycles. The lowest BCUT2D eigenvalue weighted by Crippen LogP contribution is -2.19. The van der Waals surface area contributed by atoms with Gasteiger partial charge < -0.3 is 0 Å². The van der Waals surface area contributed by atoms with Gasteiger partial charge >= 0.3 is 0 Å². The Hall–Kier alpha value is -3.14. The highest BCUT2D eigenvalue weighted by Gasteiger charge is 2.27. The fourth-order valence-electron chi connectivity index (χ4n) is 6.57. The Bertz CT molecular complexity index is 1380. The molecule has 0 spiro atoms. The van der Waals surface area contributed by atoms with Gasteiger partial charge in [-0.1, -0.05) is 98.9 Å². The van der Waals surface area contributed by atoms with Crippen LogP contribution in [0.4, 0.5) is 17.6 Å². The Morgan fingerprint density at radius 3 is 1.90 bits per heavy atom. The van der Waals surface area contributed by atoms with E-state index in [2.05, 4.69) is 6.08 Å². The first-order chi connectivity index (χ1) is 19.5. The number of halogens is 4. The van der Waals surface area contributed by atoms with E-state index >= 15 is 8.78 Å². The molecule has 3 aromatic carbocycles. The zero-order chi connectivity index (χ0) is 28.1. The van der Waals surface area contributed by atoms with Crippen molar-refractivity contribution in [2.45, 2.75) is 77.6 Å². The lowest BCUT2D eigenvalue weighted by atomic mass is 9.73. The van der Waals surface area contributed by atoms with E-state index in [1.807, 2.05) is 19.1 Å². The van der Waals surface area contributed by atoms with Crippen LogP contribution < -0.4 is 0 Å².